The van der Waals surface area contributed by atoms with Crippen LogP contribution >= 0.6 is 0 Å². The monoisotopic (exact) mass is 239 g/mol. The molecule has 0 heterocycles. The Balaban J connectivity index is 1.94. The minimum Gasteiger partial charge on any atom is -0.481 e. The SMILES string of the molecule is CC1CCC(N(C)C2CCCC2C(=O)O)CC1. The Hall–Kier alpha value is -0.570. The minimum atomic E-state index is -0.594. The van der Waals surface area contributed by atoms with Crippen LogP contribution < -0.4 is 0 Å². The van der Waals surface area contributed by atoms with Crippen molar-refractivity contribution in [1.82, 2.24) is 4.90 Å². The van der Waals surface area contributed by atoms with Crippen LogP contribution in [0.4, 0.5) is 0 Å². The summed E-state index contributed by atoms with van der Waals surface area (Å²) in [5.41, 5.74) is 0. The number of hydrogen-bond acceptors (Lipinski definition) is 2. The van der Waals surface area contributed by atoms with Crippen LogP contribution in [0, 0.1) is 11.8 Å². The van der Waals surface area contributed by atoms with Crippen molar-refractivity contribution < 1.29 is 9.90 Å². The van der Waals surface area contributed by atoms with Crippen molar-refractivity contribution in [3.63, 3.8) is 0 Å². The first kappa shape index (κ1) is 12.9. The lowest BCUT2D eigenvalue weighted by Gasteiger charge is -2.38. The number of nitrogens with zero attached hydrogens (tertiary/aromatic N) is 1. The lowest BCUT2D eigenvalue weighted by molar-refractivity contribution is -0.143. The summed E-state index contributed by atoms with van der Waals surface area (Å²) in [6, 6.07) is 0.905. The maximum atomic E-state index is 11.2. The number of carbonyl (C=O) groups is 1. The fraction of sp³-hybridized carbons (Fsp3) is 0.929. The molecule has 3 nitrogen and oxygen atoms in total. The Morgan fingerprint density at radius 1 is 1.12 bits per heavy atom. The van der Waals surface area contributed by atoms with E-state index in [0.29, 0.717) is 6.04 Å². The number of carboxylic acid groups (broad SMARTS) is 1. The van der Waals surface area contributed by atoms with Crippen molar-refractivity contribution in [3.05, 3.63) is 0 Å². The molecule has 0 aromatic rings. The van der Waals surface area contributed by atoms with E-state index in [1.165, 1.54) is 25.7 Å². The summed E-state index contributed by atoms with van der Waals surface area (Å²) in [7, 11) is 2.15. The lowest BCUT2D eigenvalue weighted by Crippen LogP contribution is -2.45. The topological polar surface area (TPSA) is 40.5 Å². The zero-order valence-electron chi connectivity index (χ0n) is 11.1. The van der Waals surface area contributed by atoms with Crippen molar-refractivity contribution in [2.75, 3.05) is 7.05 Å². The Labute approximate surface area is 104 Å². The van der Waals surface area contributed by atoms with Gasteiger partial charge in [0.1, 0.15) is 0 Å². The highest BCUT2D eigenvalue weighted by atomic mass is 16.4. The van der Waals surface area contributed by atoms with E-state index in [0.717, 1.165) is 25.2 Å². The Kier molecular flexibility index (Phi) is 4.08. The summed E-state index contributed by atoms with van der Waals surface area (Å²) in [6.45, 7) is 2.33. The molecule has 0 saturated heterocycles. The normalized spacial score (nSPS) is 38.5. The van der Waals surface area contributed by atoms with Gasteiger partial charge in [-0.15, -0.1) is 0 Å². The van der Waals surface area contributed by atoms with E-state index in [1.54, 1.807) is 0 Å². The third kappa shape index (κ3) is 2.82. The highest BCUT2D eigenvalue weighted by molar-refractivity contribution is 5.71. The first-order valence-electron chi connectivity index (χ1n) is 7.04. The predicted octanol–water partition coefficient (Wildman–Crippen LogP) is 2.75. The van der Waals surface area contributed by atoms with Crippen LogP contribution in [-0.4, -0.2) is 35.1 Å². The third-order valence-electron chi connectivity index (χ3n) is 4.88. The summed E-state index contributed by atoms with van der Waals surface area (Å²) in [5, 5.41) is 9.25. The summed E-state index contributed by atoms with van der Waals surface area (Å²) >= 11 is 0. The molecule has 98 valence electrons. The zero-order valence-corrected chi connectivity index (χ0v) is 11.1. The van der Waals surface area contributed by atoms with Crippen LogP contribution in [0.25, 0.3) is 0 Å². The first-order chi connectivity index (χ1) is 8.09. The van der Waals surface area contributed by atoms with Gasteiger partial charge in [-0.05, 0) is 51.5 Å². The van der Waals surface area contributed by atoms with Gasteiger partial charge < -0.3 is 5.11 Å². The molecule has 2 fully saturated rings. The standard InChI is InChI=1S/C14H25NO2/c1-10-6-8-11(9-7-10)15(2)13-5-3-4-12(13)14(16)17/h10-13H,3-9H2,1-2H3,(H,16,17). The van der Waals surface area contributed by atoms with Gasteiger partial charge in [0.2, 0.25) is 0 Å². The quantitative estimate of drug-likeness (QED) is 0.823. The maximum Gasteiger partial charge on any atom is 0.308 e. The highest BCUT2D eigenvalue weighted by Gasteiger charge is 2.38. The largest absolute Gasteiger partial charge is 0.481 e. The number of rotatable bonds is 3. The zero-order chi connectivity index (χ0) is 12.4. The fourth-order valence-electron chi connectivity index (χ4n) is 3.64. The van der Waals surface area contributed by atoms with Gasteiger partial charge in [0.15, 0.2) is 0 Å². The molecule has 0 aromatic carbocycles. The molecule has 2 aliphatic rings. The van der Waals surface area contributed by atoms with E-state index in [-0.39, 0.29) is 12.0 Å². The summed E-state index contributed by atoms with van der Waals surface area (Å²) in [5.74, 6) is 0.140. The average Bonchev–Trinajstić information content (AvgIpc) is 2.78. The molecule has 2 saturated carbocycles. The number of aliphatic carboxylic acids is 1. The van der Waals surface area contributed by atoms with E-state index < -0.39 is 5.97 Å². The number of hydrogen-bond donors (Lipinski definition) is 1. The highest BCUT2D eigenvalue weighted by Crippen LogP contribution is 2.34. The lowest BCUT2D eigenvalue weighted by atomic mass is 9.85. The molecule has 2 aliphatic carbocycles. The van der Waals surface area contributed by atoms with Crippen LogP contribution in [0.5, 0.6) is 0 Å². The van der Waals surface area contributed by atoms with Crippen molar-refractivity contribution in [1.29, 1.82) is 0 Å². The number of carboxylic acids is 1. The van der Waals surface area contributed by atoms with E-state index in [2.05, 4.69) is 18.9 Å². The molecule has 2 atom stereocenters. The third-order valence-corrected chi connectivity index (χ3v) is 4.88. The predicted molar refractivity (Wildman–Crippen MR) is 67.9 cm³/mol. The molecule has 0 aromatic heterocycles. The maximum absolute atomic E-state index is 11.2. The molecule has 2 unspecified atom stereocenters. The van der Waals surface area contributed by atoms with Crippen LogP contribution in [0.1, 0.15) is 51.9 Å². The van der Waals surface area contributed by atoms with Gasteiger partial charge in [0.25, 0.3) is 0 Å². The molecule has 0 aliphatic heterocycles. The van der Waals surface area contributed by atoms with Crippen molar-refractivity contribution in [2.24, 2.45) is 11.8 Å². The Morgan fingerprint density at radius 2 is 1.76 bits per heavy atom. The van der Waals surface area contributed by atoms with Crippen molar-refractivity contribution in [2.45, 2.75) is 64.0 Å². The molecule has 2 rings (SSSR count). The van der Waals surface area contributed by atoms with E-state index in [4.69, 9.17) is 0 Å². The molecule has 3 heteroatoms. The molecular weight excluding hydrogens is 214 g/mol. The van der Waals surface area contributed by atoms with E-state index >= 15 is 0 Å². The molecule has 0 radical (unpaired) electrons. The molecule has 0 bridgehead atoms. The van der Waals surface area contributed by atoms with Crippen LogP contribution in [-0.2, 0) is 4.79 Å². The van der Waals surface area contributed by atoms with Gasteiger partial charge in [-0.3, -0.25) is 9.69 Å². The van der Waals surface area contributed by atoms with Crippen molar-refractivity contribution in [3.8, 4) is 0 Å². The molecule has 0 amide bonds. The van der Waals surface area contributed by atoms with Gasteiger partial charge in [0.05, 0.1) is 5.92 Å². The second kappa shape index (κ2) is 5.38. The summed E-state index contributed by atoms with van der Waals surface area (Å²) in [6.07, 6.45) is 8.13. The van der Waals surface area contributed by atoms with Gasteiger partial charge in [-0.2, -0.15) is 0 Å². The summed E-state index contributed by atoms with van der Waals surface area (Å²) in [4.78, 5) is 13.6. The van der Waals surface area contributed by atoms with Crippen molar-refractivity contribution >= 4 is 5.97 Å². The summed E-state index contributed by atoms with van der Waals surface area (Å²) < 4.78 is 0. The fourth-order valence-corrected chi connectivity index (χ4v) is 3.64. The van der Waals surface area contributed by atoms with Gasteiger partial charge in [0, 0.05) is 12.1 Å². The van der Waals surface area contributed by atoms with Gasteiger partial charge in [-0.1, -0.05) is 13.3 Å². The second-order valence-corrected chi connectivity index (χ2v) is 6.02. The average molecular weight is 239 g/mol. The molecule has 0 spiro atoms. The van der Waals surface area contributed by atoms with Gasteiger partial charge >= 0.3 is 5.97 Å². The minimum absolute atomic E-state index is 0.126. The molecule has 17 heavy (non-hydrogen) atoms. The van der Waals surface area contributed by atoms with Crippen LogP contribution in [0.3, 0.4) is 0 Å². The smallest absolute Gasteiger partial charge is 0.308 e. The van der Waals surface area contributed by atoms with E-state index in [1.807, 2.05) is 0 Å². The first-order valence-corrected chi connectivity index (χ1v) is 7.04. The Bertz CT molecular complexity index is 271. The Morgan fingerprint density at radius 3 is 2.35 bits per heavy atom. The van der Waals surface area contributed by atoms with Crippen LogP contribution in [0.2, 0.25) is 0 Å². The second-order valence-electron chi connectivity index (χ2n) is 6.02. The molecular formula is C14H25NO2. The van der Waals surface area contributed by atoms with E-state index in [9.17, 15) is 9.90 Å². The van der Waals surface area contributed by atoms with Crippen LogP contribution in [0.15, 0.2) is 0 Å². The van der Waals surface area contributed by atoms with Gasteiger partial charge in [-0.25, -0.2) is 0 Å². The molecule has 1 N–H and O–H groups in total.